The van der Waals surface area contributed by atoms with Crippen molar-refractivity contribution in [1.29, 1.82) is 5.26 Å². The number of terminal acetylenes is 1. The fourth-order valence-corrected chi connectivity index (χ4v) is 2.48. The lowest BCUT2D eigenvalue weighted by Crippen LogP contribution is -2.31. The molecule has 1 atom stereocenters. The maximum absolute atomic E-state index is 12.2. The highest BCUT2D eigenvalue weighted by atomic mass is 16.1. The largest absolute Gasteiger partial charge is 0.363 e. The van der Waals surface area contributed by atoms with E-state index in [1.807, 2.05) is 49.2 Å². The summed E-state index contributed by atoms with van der Waals surface area (Å²) >= 11 is 0. The van der Waals surface area contributed by atoms with E-state index in [0.717, 1.165) is 16.8 Å². The van der Waals surface area contributed by atoms with Gasteiger partial charge in [-0.3, -0.25) is 4.79 Å². The van der Waals surface area contributed by atoms with Crippen LogP contribution in [0, 0.1) is 42.4 Å². The highest BCUT2D eigenvalue weighted by Gasteiger charge is 2.10. The highest BCUT2D eigenvalue weighted by Crippen LogP contribution is 2.14. The maximum Gasteiger partial charge on any atom is 0.252 e. The number of rotatable bonds is 4. The third-order valence-electron chi connectivity index (χ3n) is 4.03. The summed E-state index contributed by atoms with van der Waals surface area (Å²) in [4.78, 5) is 14.2. The summed E-state index contributed by atoms with van der Waals surface area (Å²) < 4.78 is 0. The van der Waals surface area contributed by atoms with Crippen molar-refractivity contribution in [3.05, 3.63) is 64.7 Å². The molecule has 1 N–H and O–H groups in total. The SMILES string of the molecule is C#CC(C)NC(=O)c1ccc(C#CCN(C)c2cccc(C#N)c2)cc1C. The molecule has 4 nitrogen and oxygen atoms in total. The highest BCUT2D eigenvalue weighted by molar-refractivity contribution is 5.96. The fourth-order valence-electron chi connectivity index (χ4n) is 2.48. The lowest BCUT2D eigenvalue weighted by Gasteiger charge is -2.15. The number of amides is 1. The Kier molecular flexibility index (Phi) is 6.65. The number of nitrogens with zero attached hydrogens (tertiary/aromatic N) is 2. The van der Waals surface area contributed by atoms with Gasteiger partial charge >= 0.3 is 0 Å². The van der Waals surface area contributed by atoms with Crippen LogP contribution < -0.4 is 10.2 Å². The Morgan fingerprint density at radius 2 is 2.04 bits per heavy atom. The molecule has 0 fully saturated rings. The Balaban J connectivity index is 2.06. The Labute approximate surface area is 160 Å². The van der Waals surface area contributed by atoms with Crippen LogP contribution in [-0.2, 0) is 0 Å². The van der Waals surface area contributed by atoms with E-state index in [1.165, 1.54) is 0 Å². The van der Waals surface area contributed by atoms with Crippen LogP contribution in [-0.4, -0.2) is 25.5 Å². The predicted octanol–water partition coefficient (Wildman–Crippen LogP) is 3.11. The van der Waals surface area contributed by atoms with Crippen molar-refractivity contribution in [2.75, 3.05) is 18.5 Å². The zero-order chi connectivity index (χ0) is 19.8. The van der Waals surface area contributed by atoms with Crippen LogP contribution in [0.4, 0.5) is 5.69 Å². The van der Waals surface area contributed by atoms with Crippen LogP contribution in [0.15, 0.2) is 42.5 Å². The standard InChI is InChI=1S/C23H21N3O/c1-5-18(3)25-23(27)22-12-11-19(14-17(22)2)9-7-13-26(4)21-10-6-8-20(15-21)16-24/h1,6,8,10-12,14-15,18H,13H2,2-4H3,(H,25,27). The van der Waals surface area contributed by atoms with Crippen LogP contribution in [0.5, 0.6) is 0 Å². The second kappa shape index (κ2) is 9.14. The molecule has 4 heteroatoms. The number of anilines is 1. The quantitative estimate of drug-likeness (QED) is 0.858. The number of carbonyl (C=O) groups excluding carboxylic acids is 1. The zero-order valence-electron chi connectivity index (χ0n) is 15.7. The molecule has 0 aliphatic carbocycles. The van der Waals surface area contributed by atoms with Crippen molar-refractivity contribution in [2.45, 2.75) is 19.9 Å². The van der Waals surface area contributed by atoms with E-state index < -0.39 is 0 Å². The summed E-state index contributed by atoms with van der Waals surface area (Å²) in [6, 6.07) is 14.7. The van der Waals surface area contributed by atoms with E-state index in [9.17, 15) is 4.79 Å². The number of benzene rings is 2. The van der Waals surface area contributed by atoms with Crippen molar-refractivity contribution in [3.8, 4) is 30.3 Å². The van der Waals surface area contributed by atoms with Gasteiger partial charge in [0.05, 0.1) is 24.2 Å². The summed E-state index contributed by atoms with van der Waals surface area (Å²) in [5.41, 5.74) is 3.84. The monoisotopic (exact) mass is 355 g/mol. The number of hydrogen-bond donors (Lipinski definition) is 1. The summed E-state index contributed by atoms with van der Waals surface area (Å²) in [6.07, 6.45) is 5.30. The normalized spacial score (nSPS) is 10.6. The zero-order valence-corrected chi connectivity index (χ0v) is 15.7. The Morgan fingerprint density at radius 1 is 1.26 bits per heavy atom. The molecule has 134 valence electrons. The fraction of sp³-hybridized carbons (Fsp3) is 0.217. The van der Waals surface area contributed by atoms with Crippen molar-refractivity contribution >= 4 is 11.6 Å². The van der Waals surface area contributed by atoms with E-state index in [4.69, 9.17) is 11.7 Å². The van der Waals surface area contributed by atoms with Gasteiger partial charge in [-0.25, -0.2) is 0 Å². The topological polar surface area (TPSA) is 56.1 Å². The minimum atomic E-state index is -0.313. The predicted molar refractivity (Wildman–Crippen MR) is 108 cm³/mol. The van der Waals surface area contributed by atoms with E-state index in [2.05, 4.69) is 29.1 Å². The Hall–Kier alpha value is -3.68. The van der Waals surface area contributed by atoms with Gasteiger partial charge in [-0.05, 0) is 55.8 Å². The molecule has 0 spiro atoms. The van der Waals surface area contributed by atoms with E-state index in [0.29, 0.717) is 17.7 Å². The molecular formula is C23H21N3O. The van der Waals surface area contributed by atoms with Gasteiger partial charge in [0.1, 0.15) is 0 Å². The number of aryl methyl sites for hydroxylation is 1. The van der Waals surface area contributed by atoms with Crippen LogP contribution >= 0.6 is 0 Å². The van der Waals surface area contributed by atoms with Gasteiger partial charge in [0.15, 0.2) is 0 Å². The summed E-state index contributed by atoms with van der Waals surface area (Å²) in [7, 11) is 1.93. The molecule has 2 rings (SSSR count). The number of hydrogen-bond acceptors (Lipinski definition) is 3. The average Bonchev–Trinajstić information content (AvgIpc) is 2.67. The molecule has 0 radical (unpaired) electrons. The van der Waals surface area contributed by atoms with Crippen molar-refractivity contribution in [3.63, 3.8) is 0 Å². The number of nitriles is 1. The Bertz CT molecular complexity index is 983. The molecule has 2 aromatic rings. The molecule has 1 amide bonds. The molecular weight excluding hydrogens is 334 g/mol. The molecule has 0 bridgehead atoms. The van der Waals surface area contributed by atoms with Gasteiger partial charge < -0.3 is 10.2 Å². The van der Waals surface area contributed by atoms with Gasteiger partial charge in [0.25, 0.3) is 5.91 Å². The second-order valence-corrected chi connectivity index (χ2v) is 6.21. The Morgan fingerprint density at radius 3 is 2.70 bits per heavy atom. The van der Waals surface area contributed by atoms with Gasteiger partial charge in [-0.2, -0.15) is 5.26 Å². The van der Waals surface area contributed by atoms with Crippen molar-refractivity contribution in [2.24, 2.45) is 0 Å². The number of nitrogens with one attached hydrogen (secondary N) is 1. The minimum absolute atomic E-state index is 0.186. The second-order valence-electron chi connectivity index (χ2n) is 6.21. The lowest BCUT2D eigenvalue weighted by molar-refractivity contribution is 0.0947. The maximum atomic E-state index is 12.2. The minimum Gasteiger partial charge on any atom is -0.363 e. The smallest absolute Gasteiger partial charge is 0.252 e. The van der Waals surface area contributed by atoms with Gasteiger partial charge in [-0.1, -0.05) is 23.8 Å². The van der Waals surface area contributed by atoms with E-state index in [-0.39, 0.29) is 11.9 Å². The molecule has 0 heterocycles. The molecule has 0 aliphatic rings. The summed E-state index contributed by atoms with van der Waals surface area (Å²) in [5.74, 6) is 8.53. The first-order valence-electron chi connectivity index (χ1n) is 8.52. The van der Waals surface area contributed by atoms with E-state index >= 15 is 0 Å². The van der Waals surface area contributed by atoms with Crippen LogP contribution in [0.25, 0.3) is 0 Å². The average molecular weight is 355 g/mol. The molecule has 0 aromatic heterocycles. The third kappa shape index (κ3) is 5.40. The first-order valence-corrected chi connectivity index (χ1v) is 8.52. The molecule has 0 saturated carbocycles. The van der Waals surface area contributed by atoms with Crippen LogP contribution in [0.1, 0.15) is 34.0 Å². The van der Waals surface area contributed by atoms with Gasteiger partial charge in [0.2, 0.25) is 0 Å². The van der Waals surface area contributed by atoms with Crippen LogP contribution in [0.3, 0.4) is 0 Å². The van der Waals surface area contributed by atoms with Crippen LogP contribution in [0.2, 0.25) is 0 Å². The first-order chi connectivity index (χ1) is 12.9. The van der Waals surface area contributed by atoms with Crippen molar-refractivity contribution in [1.82, 2.24) is 5.32 Å². The summed E-state index contributed by atoms with van der Waals surface area (Å²) in [5, 5.41) is 11.7. The molecule has 2 aromatic carbocycles. The molecule has 0 aliphatic heterocycles. The first kappa shape index (κ1) is 19.6. The van der Waals surface area contributed by atoms with Crippen molar-refractivity contribution < 1.29 is 4.79 Å². The lowest BCUT2D eigenvalue weighted by atomic mass is 10.0. The molecule has 0 saturated heterocycles. The number of carbonyl (C=O) groups is 1. The summed E-state index contributed by atoms with van der Waals surface area (Å²) in [6.45, 7) is 4.16. The molecule has 27 heavy (non-hydrogen) atoms. The van der Waals surface area contributed by atoms with E-state index in [1.54, 1.807) is 19.1 Å². The van der Waals surface area contributed by atoms with Gasteiger partial charge in [0, 0.05) is 23.9 Å². The molecule has 1 unspecified atom stereocenters. The third-order valence-corrected chi connectivity index (χ3v) is 4.03. The van der Waals surface area contributed by atoms with Gasteiger partial charge in [-0.15, -0.1) is 6.42 Å².